The lowest BCUT2D eigenvalue weighted by Crippen LogP contribution is -2.48. The molecular weight excluding hydrogens is 404 g/mol. The predicted molar refractivity (Wildman–Crippen MR) is 106 cm³/mol. The molecule has 0 saturated carbocycles. The summed E-state index contributed by atoms with van der Waals surface area (Å²) in [5.41, 5.74) is 0.881. The van der Waals surface area contributed by atoms with E-state index in [1.165, 1.54) is 17.5 Å². The van der Waals surface area contributed by atoms with Gasteiger partial charge in [-0.25, -0.2) is 13.2 Å². The quantitative estimate of drug-likeness (QED) is 0.654. The van der Waals surface area contributed by atoms with Crippen molar-refractivity contribution in [3.8, 4) is 11.5 Å². The van der Waals surface area contributed by atoms with Crippen LogP contribution in [-0.4, -0.2) is 66.2 Å². The second kappa shape index (κ2) is 8.38. The summed E-state index contributed by atoms with van der Waals surface area (Å²) in [5.74, 6) is 0.714. The zero-order chi connectivity index (χ0) is 20.3. The summed E-state index contributed by atoms with van der Waals surface area (Å²) in [6.45, 7) is 1.60. The number of carbonyl (C=O) groups excluding carboxylic acids is 1. The Morgan fingerprint density at radius 3 is 2.36 bits per heavy atom. The van der Waals surface area contributed by atoms with Crippen LogP contribution >= 0.6 is 11.3 Å². The monoisotopic (exact) mass is 426 g/mol. The SMILES string of the molecule is COC(=O)c1sccc1S(=O)(=O)N1CCN(c2ccc(OC)cc2OC)CC1. The molecule has 0 bridgehead atoms. The minimum absolute atomic E-state index is 0.000159. The molecule has 1 aliphatic heterocycles. The summed E-state index contributed by atoms with van der Waals surface area (Å²) in [5, 5.41) is 1.58. The van der Waals surface area contributed by atoms with Gasteiger partial charge >= 0.3 is 5.97 Å². The molecule has 1 aliphatic rings. The molecule has 2 aromatic rings. The Morgan fingerprint density at radius 1 is 1.04 bits per heavy atom. The van der Waals surface area contributed by atoms with Crippen molar-refractivity contribution in [1.29, 1.82) is 0 Å². The molecule has 1 aromatic carbocycles. The average molecular weight is 427 g/mol. The Kier molecular flexibility index (Phi) is 6.11. The maximum Gasteiger partial charge on any atom is 0.349 e. The molecule has 10 heteroatoms. The summed E-state index contributed by atoms with van der Waals surface area (Å²) in [4.78, 5) is 14.0. The number of sulfonamides is 1. The Labute approximate surface area is 168 Å². The number of hydrogen-bond donors (Lipinski definition) is 0. The largest absolute Gasteiger partial charge is 0.497 e. The number of anilines is 1. The molecule has 0 unspecified atom stereocenters. The molecule has 2 heterocycles. The topological polar surface area (TPSA) is 85.4 Å². The third kappa shape index (κ3) is 3.80. The van der Waals surface area contributed by atoms with Gasteiger partial charge in [-0.3, -0.25) is 0 Å². The number of thiophene rings is 1. The number of rotatable bonds is 6. The Morgan fingerprint density at radius 2 is 1.75 bits per heavy atom. The van der Waals surface area contributed by atoms with E-state index >= 15 is 0 Å². The van der Waals surface area contributed by atoms with Crippen molar-refractivity contribution in [3.63, 3.8) is 0 Å². The molecular formula is C18H22N2O6S2. The molecule has 0 amide bonds. The van der Waals surface area contributed by atoms with E-state index in [0.717, 1.165) is 17.0 Å². The lowest BCUT2D eigenvalue weighted by Gasteiger charge is -2.36. The van der Waals surface area contributed by atoms with Crippen LogP contribution in [0.5, 0.6) is 11.5 Å². The van der Waals surface area contributed by atoms with E-state index in [2.05, 4.69) is 4.90 Å². The number of piperazine rings is 1. The molecule has 1 aromatic heterocycles. The Balaban J connectivity index is 1.77. The molecule has 0 N–H and O–H groups in total. The first-order valence-corrected chi connectivity index (χ1v) is 10.9. The molecule has 28 heavy (non-hydrogen) atoms. The highest BCUT2D eigenvalue weighted by Gasteiger charge is 2.33. The second-order valence-electron chi connectivity index (χ2n) is 6.03. The van der Waals surface area contributed by atoms with Crippen molar-refractivity contribution in [2.24, 2.45) is 0 Å². The van der Waals surface area contributed by atoms with Gasteiger partial charge in [0.15, 0.2) is 0 Å². The van der Waals surface area contributed by atoms with Crippen LogP contribution in [0.3, 0.4) is 0 Å². The van der Waals surface area contributed by atoms with Crippen LogP contribution < -0.4 is 14.4 Å². The van der Waals surface area contributed by atoms with Gasteiger partial charge in [0, 0.05) is 32.2 Å². The van der Waals surface area contributed by atoms with Gasteiger partial charge < -0.3 is 19.1 Å². The van der Waals surface area contributed by atoms with E-state index in [9.17, 15) is 13.2 Å². The van der Waals surface area contributed by atoms with Crippen LogP contribution in [-0.2, 0) is 14.8 Å². The van der Waals surface area contributed by atoms with Gasteiger partial charge in [-0.1, -0.05) is 0 Å². The van der Waals surface area contributed by atoms with E-state index in [1.807, 2.05) is 12.1 Å². The number of nitrogens with zero attached hydrogens (tertiary/aromatic N) is 2. The maximum absolute atomic E-state index is 13.0. The lowest BCUT2D eigenvalue weighted by atomic mass is 10.2. The number of methoxy groups -OCH3 is 3. The van der Waals surface area contributed by atoms with Crippen molar-refractivity contribution in [2.75, 3.05) is 52.4 Å². The fourth-order valence-corrected chi connectivity index (χ4v) is 5.83. The molecule has 0 radical (unpaired) electrons. The molecule has 0 atom stereocenters. The molecule has 152 valence electrons. The summed E-state index contributed by atoms with van der Waals surface area (Å²) in [7, 11) is 0.640. The van der Waals surface area contributed by atoms with Gasteiger partial charge in [0.2, 0.25) is 10.0 Å². The third-order valence-electron chi connectivity index (χ3n) is 4.58. The van der Waals surface area contributed by atoms with Crippen molar-refractivity contribution in [1.82, 2.24) is 4.31 Å². The van der Waals surface area contributed by atoms with Crippen LogP contribution in [0.2, 0.25) is 0 Å². The van der Waals surface area contributed by atoms with Crippen LogP contribution in [0.15, 0.2) is 34.5 Å². The van der Waals surface area contributed by atoms with Crippen LogP contribution in [0.25, 0.3) is 0 Å². The molecule has 1 saturated heterocycles. The second-order valence-corrected chi connectivity index (χ2v) is 8.86. The third-order valence-corrected chi connectivity index (χ3v) is 7.55. The standard InChI is InChI=1S/C18H22N2O6S2/c1-24-13-4-5-14(15(12-13)25-2)19-7-9-20(10-8-19)28(22,23)16-6-11-27-17(16)18(21)26-3/h4-6,11-12H,7-10H2,1-3H3. The van der Waals surface area contributed by atoms with Crippen LogP contribution in [0.1, 0.15) is 9.67 Å². The lowest BCUT2D eigenvalue weighted by molar-refractivity contribution is 0.0602. The molecule has 0 aliphatic carbocycles. The van der Waals surface area contributed by atoms with Gasteiger partial charge in [0.05, 0.1) is 27.0 Å². The Bertz CT molecular complexity index is 949. The normalized spacial score (nSPS) is 15.3. The number of esters is 1. The molecule has 3 rings (SSSR count). The maximum atomic E-state index is 13.0. The van der Waals surface area contributed by atoms with E-state index < -0.39 is 16.0 Å². The minimum atomic E-state index is -3.77. The fraction of sp³-hybridized carbons (Fsp3) is 0.389. The van der Waals surface area contributed by atoms with Crippen LogP contribution in [0.4, 0.5) is 5.69 Å². The van der Waals surface area contributed by atoms with Gasteiger partial charge in [-0.05, 0) is 23.6 Å². The van der Waals surface area contributed by atoms with Crippen molar-refractivity contribution in [3.05, 3.63) is 34.5 Å². The smallest absolute Gasteiger partial charge is 0.349 e. The van der Waals surface area contributed by atoms with Crippen molar-refractivity contribution >= 4 is 33.0 Å². The van der Waals surface area contributed by atoms with Gasteiger partial charge in [-0.2, -0.15) is 4.31 Å². The summed E-state index contributed by atoms with van der Waals surface area (Å²) in [6.07, 6.45) is 0. The molecule has 0 spiro atoms. The first kappa shape index (κ1) is 20.4. The highest BCUT2D eigenvalue weighted by molar-refractivity contribution is 7.89. The highest BCUT2D eigenvalue weighted by Crippen LogP contribution is 2.33. The summed E-state index contributed by atoms with van der Waals surface area (Å²) in [6, 6.07) is 6.99. The average Bonchev–Trinajstić information content (AvgIpc) is 3.23. The number of benzene rings is 1. The van der Waals surface area contributed by atoms with Gasteiger partial charge in [0.25, 0.3) is 0 Å². The number of hydrogen-bond acceptors (Lipinski definition) is 8. The van der Waals surface area contributed by atoms with E-state index in [0.29, 0.717) is 37.7 Å². The molecule has 1 fully saturated rings. The van der Waals surface area contributed by atoms with Crippen molar-refractivity contribution in [2.45, 2.75) is 4.90 Å². The van der Waals surface area contributed by atoms with Crippen molar-refractivity contribution < 1.29 is 27.4 Å². The zero-order valence-electron chi connectivity index (χ0n) is 15.9. The summed E-state index contributed by atoms with van der Waals surface area (Å²) >= 11 is 1.06. The number of ether oxygens (including phenoxy) is 3. The van der Waals surface area contributed by atoms with E-state index in [1.54, 1.807) is 25.7 Å². The van der Waals surface area contributed by atoms with E-state index in [-0.39, 0.29) is 9.77 Å². The van der Waals surface area contributed by atoms with E-state index in [4.69, 9.17) is 14.2 Å². The number of carbonyl (C=O) groups is 1. The first-order chi connectivity index (χ1) is 13.4. The fourth-order valence-electron chi connectivity index (χ4n) is 3.10. The van der Waals surface area contributed by atoms with Crippen LogP contribution in [0, 0.1) is 0 Å². The first-order valence-electron chi connectivity index (χ1n) is 8.55. The predicted octanol–water partition coefficient (Wildman–Crippen LogP) is 2.06. The Hall–Kier alpha value is -2.30. The van der Waals surface area contributed by atoms with Gasteiger partial charge in [0.1, 0.15) is 21.3 Å². The zero-order valence-corrected chi connectivity index (χ0v) is 17.5. The molecule has 8 nitrogen and oxygen atoms in total. The summed E-state index contributed by atoms with van der Waals surface area (Å²) < 4.78 is 42.8. The minimum Gasteiger partial charge on any atom is -0.497 e. The van der Waals surface area contributed by atoms with Gasteiger partial charge in [-0.15, -0.1) is 11.3 Å². The highest BCUT2D eigenvalue weighted by atomic mass is 32.2.